The first-order chi connectivity index (χ1) is 15.9. The van der Waals surface area contributed by atoms with E-state index in [4.69, 9.17) is 0 Å². The topological polar surface area (TPSA) is 129 Å². The van der Waals surface area contributed by atoms with Crippen LogP contribution in [0.4, 0.5) is 17.5 Å². The minimum absolute atomic E-state index is 0.279. The predicted molar refractivity (Wildman–Crippen MR) is 122 cm³/mol. The van der Waals surface area contributed by atoms with Crippen LogP contribution in [-0.4, -0.2) is 56.9 Å². The van der Waals surface area contributed by atoms with E-state index in [1.807, 2.05) is 19.1 Å². The summed E-state index contributed by atoms with van der Waals surface area (Å²) >= 11 is 0. The highest BCUT2D eigenvalue weighted by atomic mass is 16.2. The number of aromatic nitrogens is 3. The fourth-order valence-corrected chi connectivity index (χ4v) is 3.43. The number of amides is 3. The van der Waals surface area contributed by atoms with E-state index in [1.54, 1.807) is 42.6 Å². The van der Waals surface area contributed by atoms with Crippen molar-refractivity contribution in [3.63, 3.8) is 0 Å². The lowest BCUT2D eigenvalue weighted by atomic mass is 10.1. The quantitative estimate of drug-likeness (QED) is 0.355. The van der Waals surface area contributed by atoms with Crippen molar-refractivity contribution in [1.82, 2.24) is 25.4 Å². The van der Waals surface area contributed by atoms with Gasteiger partial charge in [0.25, 0.3) is 11.8 Å². The van der Waals surface area contributed by atoms with E-state index in [-0.39, 0.29) is 6.54 Å². The number of pyridine rings is 1. The zero-order valence-electron chi connectivity index (χ0n) is 18.2. The van der Waals surface area contributed by atoms with Crippen molar-refractivity contribution >= 4 is 35.2 Å². The maximum absolute atomic E-state index is 12.5. The average Bonchev–Trinajstić information content (AvgIpc) is 3.07. The number of hydrogen-bond acceptors (Lipinski definition) is 8. The number of fused-ring (bicyclic) bond motifs is 1. The maximum atomic E-state index is 12.5. The van der Waals surface area contributed by atoms with Gasteiger partial charge in [0, 0.05) is 19.3 Å². The second-order valence-corrected chi connectivity index (χ2v) is 7.57. The Kier molecular flexibility index (Phi) is 6.25. The van der Waals surface area contributed by atoms with Crippen molar-refractivity contribution in [1.29, 1.82) is 0 Å². The monoisotopic (exact) mass is 445 g/mol. The zero-order chi connectivity index (χ0) is 23.4. The van der Waals surface area contributed by atoms with E-state index in [0.717, 1.165) is 10.5 Å². The zero-order valence-corrected chi connectivity index (χ0v) is 18.2. The lowest BCUT2D eigenvalue weighted by Crippen LogP contribution is -2.48. The van der Waals surface area contributed by atoms with Gasteiger partial charge in [-0.05, 0) is 55.8 Å². The highest BCUT2D eigenvalue weighted by molar-refractivity contribution is 6.22. The SMILES string of the molecule is Cc1ccnc(Nc2ccc(NCCNC(=O)[C@H](C)N3C(=O)c4ccccc4C3=O)nn2)c1. The van der Waals surface area contributed by atoms with Crippen LogP contribution in [0, 0.1) is 6.92 Å². The van der Waals surface area contributed by atoms with Gasteiger partial charge in [0.2, 0.25) is 5.91 Å². The van der Waals surface area contributed by atoms with Gasteiger partial charge in [0.05, 0.1) is 11.1 Å². The standard InChI is InChI=1S/C23H23N7O3/c1-14-9-10-24-20(13-14)27-19-8-7-18(28-29-19)25-11-12-26-21(31)15(2)30-22(32)16-5-3-4-6-17(16)23(30)33/h3-10,13,15H,11-12H2,1-2H3,(H,25,28)(H,26,31)(H,24,27,29)/t15-/m0/s1. The summed E-state index contributed by atoms with van der Waals surface area (Å²) in [6.07, 6.45) is 1.71. The molecule has 0 fully saturated rings. The molecule has 1 atom stereocenters. The molecular formula is C23H23N7O3. The number of carbonyl (C=O) groups excluding carboxylic acids is 3. The summed E-state index contributed by atoms with van der Waals surface area (Å²) in [5.74, 6) is 0.451. The van der Waals surface area contributed by atoms with Crippen LogP contribution < -0.4 is 16.0 Å². The van der Waals surface area contributed by atoms with E-state index < -0.39 is 23.8 Å². The van der Waals surface area contributed by atoms with Crippen LogP contribution in [0.3, 0.4) is 0 Å². The first kappa shape index (κ1) is 21.9. The van der Waals surface area contributed by atoms with Gasteiger partial charge in [0.15, 0.2) is 5.82 Å². The van der Waals surface area contributed by atoms with E-state index in [9.17, 15) is 14.4 Å². The summed E-state index contributed by atoms with van der Waals surface area (Å²) in [5, 5.41) is 17.1. The number of nitrogens with one attached hydrogen (secondary N) is 3. The number of benzene rings is 1. The molecule has 3 aromatic rings. The molecule has 0 radical (unpaired) electrons. The minimum Gasteiger partial charge on any atom is -0.367 e. The molecule has 0 saturated carbocycles. The summed E-state index contributed by atoms with van der Waals surface area (Å²) in [6, 6.07) is 13.0. The van der Waals surface area contributed by atoms with Gasteiger partial charge in [0.1, 0.15) is 17.7 Å². The van der Waals surface area contributed by atoms with Crippen LogP contribution in [0.5, 0.6) is 0 Å². The molecule has 3 heterocycles. The molecule has 1 aromatic carbocycles. The molecule has 3 amide bonds. The number of aryl methyl sites for hydroxylation is 1. The first-order valence-electron chi connectivity index (χ1n) is 10.5. The number of carbonyl (C=O) groups is 3. The third-order valence-corrected chi connectivity index (χ3v) is 5.16. The second kappa shape index (κ2) is 9.43. The normalized spacial score (nSPS) is 13.5. The van der Waals surface area contributed by atoms with Crippen LogP contribution >= 0.6 is 0 Å². The van der Waals surface area contributed by atoms with Crippen molar-refractivity contribution in [3.05, 3.63) is 71.4 Å². The van der Waals surface area contributed by atoms with Gasteiger partial charge < -0.3 is 16.0 Å². The Hall–Kier alpha value is -4.34. The number of anilines is 3. The Bertz CT molecular complexity index is 1160. The van der Waals surface area contributed by atoms with Gasteiger partial charge in [-0.15, -0.1) is 10.2 Å². The Morgan fingerprint density at radius 2 is 1.61 bits per heavy atom. The van der Waals surface area contributed by atoms with Crippen molar-refractivity contribution in [2.24, 2.45) is 0 Å². The molecule has 168 valence electrons. The number of hydrogen-bond donors (Lipinski definition) is 3. The summed E-state index contributed by atoms with van der Waals surface area (Å²) in [7, 11) is 0. The molecule has 0 bridgehead atoms. The molecule has 0 saturated heterocycles. The third-order valence-electron chi connectivity index (χ3n) is 5.16. The Morgan fingerprint density at radius 1 is 0.939 bits per heavy atom. The van der Waals surface area contributed by atoms with Crippen LogP contribution in [0.2, 0.25) is 0 Å². The fourth-order valence-electron chi connectivity index (χ4n) is 3.43. The van der Waals surface area contributed by atoms with Crippen LogP contribution in [0.25, 0.3) is 0 Å². The highest BCUT2D eigenvalue weighted by Crippen LogP contribution is 2.24. The Morgan fingerprint density at radius 3 is 2.24 bits per heavy atom. The van der Waals surface area contributed by atoms with Gasteiger partial charge >= 0.3 is 0 Å². The lowest BCUT2D eigenvalue weighted by Gasteiger charge is -2.21. The van der Waals surface area contributed by atoms with Gasteiger partial charge in [-0.25, -0.2) is 4.98 Å². The Balaban J connectivity index is 1.24. The summed E-state index contributed by atoms with van der Waals surface area (Å²) in [6.45, 7) is 4.18. The molecule has 10 heteroatoms. The second-order valence-electron chi connectivity index (χ2n) is 7.57. The fraction of sp³-hybridized carbons (Fsp3) is 0.217. The highest BCUT2D eigenvalue weighted by Gasteiger charge is 2.40. The van der Waals surface area contributed by atoms with Crippen molar-refractivity contribution in [3.8, 4) is 0 Å². The van der Waals surface area contributed by atoms with Crippen LogP contribution in [-0.2, 0) is 4.79 Å². The molecule has 2 aromatic heterocycles. The number of nitrogens with zero attached hydrogens (tertiary/aromatic N) is 4. The molecule has 0 aliphatic carbocycles. The molecule has 10 nitrogen and oxygen atoms in total. The number of rotatable bonds is 8. The van der Waals surface area contributed by atoms with Crippen molar-refractivity contribution < 1.29 is 14.4 Å². The van der Waals surface area contributed by atoms with Crippen molar-refractivity contribution in [2.75, 3.05) is 23.7 Å². The Labute approximate surface area is 190 Å². The lowest BCUT2D eigenvalue weighted by molar-refractivity contribution is -0.124. The molecular weight excluding hydrogens is 422 g/mol. The first-order valence-corrected chi connectivity index (χ1v) is 10.5. The van der Waals surface area contributed by atoms with E-state index in [2.05, 4.69) is 31.1 Å². The predicted octanol–water partition coefficient (Wildman–Crippen LogP) is 2.14. The molecule has 1 aliphatic heterocycles. The number of imide groups is 1. The van der Waals surface area contributed by atoms with Crippen LogP contribution in [0.1, 0.15) is 33.2 Å². The van der Waals surface area contributed by atoms with Gasteiger partial charge in [-0.3, -0.25) is 19.3 Å². The van der Waals surface area contributed by atoms with Crippen molar-refractivity contribution in [2.45, 2.75) is 19.9 Å². The summed E-state index contributed by atoms with van der Waals surface area (Å²) in [4.78, 5) is 42.7. The maximum Gasteiger partial charge on any atom is 0.262 e. The van der Waals surface area contributed by atoms with E-state index in [0.29, 0.717) is 35.1 Å². The smallest absolute Gasteiger partial charge is 0.262 e. The molecule has 1 aliphatic rings. The van der Waals surface area contributed by atoms with Gasteiger partial charge in [-0.1, -0.05) is 12.1 Å². The molecule has 33 heavy (non-hydrogen) atoms. The molecule has 0 spiro atoms. The molecule has 3 N–H and O–H groups in total. The van der Waals surface area contributed by atoms with E-state index >= 15 is 0 Å². The molecule has 4 rings (SSSR count). The molecule has 0 unspecified atom stereocenters. The summed E-state index contributed by atoms with van der Waals surface area (Å²) < 4.78 is 0. The minimum atomic E-state index is -0.919. The van der Waals surface area contributed by atoms with Crippen LogP contribution in [0.15, 0.2) is 54.7 Å². The third kappa shape index (κ3) is 4.79. The average molecular weight is 445 g/mol. The largest absolute Gasteiger partial charge is 0.367 e. The van der Waals surface area contributed by atoms with Gasteiger partial charge in [-0.2, -0.15) is 0 Å². The van der Waals surface area contributed by atoms with E-state index in [1.165, 1.54) is 6.92 Å². The summed E-state index contributed by atoms with van der Waals surface area (Å²) in [5.41, 5.74) is 1.72.